The van der Waals surface area contributed by atoms with E-state index in [9.17, 15) is 0 Å². The fourth-order valence-corrected chi connectivity index (χ4v) is 2.20. The first-order valence-electron chi connectivity index (χ1n) is 4.95. The molecule has 13 heavy (non-hydrogen) atoms. The van der Waals surface area contributed by atoms with Crippen molar-refractivity contribution in [2.24, 2.45) is 11.7 Å². The first-order valence-corrected chi connectivity index (χ1v) is 4.95. The van der Waals surface area contributed by atoms with Crippen molar-refractivity contribution >= 4 is 0 Å². The van der Waals surface area contributed by atoms with E-state index in [1.807, 2.05) is 0 Å². The zero-order valence-electron chi connectivity index (χ0n) is 8.38. The van der Waals surface area contributed by atoms with Crippen LogP contribution in [0, 0.1) is 19.8 Å². The van der Waals surface area contributed by atoms with Crippen LogP contribution in [0.25, 0.3) is 0 Å². The van der Waals surface area contributed by atoms with Gasteiger partial charge in [-0.15, -0.1) is 0 Å². The number of nitrogens with zero attached hydrogens (tertiary/aromatic N) is 2. The third-order valence-corrected chi connectivity index (χ3v) is 3.04. The van der Waals surface area contributed by atoms with Crippen molar-refractivity contribution in [2.45, 2.75) is 33.2 Å². The molecule has 3 nitrogen and oxygen atoms in total. The predicted octanol–water partition coefficient (Wildman–Crippen LogP) is 1.02. The standard InChI is InChI=1S/C10H17N3/c1-7-10-5-9(6-11)3-4-13(10)8(2)12-7/h9H,3-6,11H2,1-2H3. The number of hydrogen-bond donors (Lipinski definition) is 1. The normalized spacial score (nSPS) is 21.6. The lowest BCUT2D eigenvalue weighted by Gasteiger charge is -2.23. The summed E-state index contributed by atoms with van der Waals surface area (Å²) in [5.41, 5.74) is 8.28. The summed E-state index contributed by atoms with van der Waals surface area (Å²) in [5, 5.41) is 0. The Kier molecular flexibility index (Phi) is 2.12. The second kappa shape index (κ2) is 3.14. The first kappa shape index (κ1) is 8.75. The van der Waals surface area contributed by atoms with Crippen molar-refractivity contribution in [3.63, 3.8) is 0 Å². The van der Waals surface area contributed by atoms with Gasteiger partial charge in [0.25, 0.3) is 0 Å². The number of nitrogens with two attached hydrogens (primary N) is 1. The van der Waals surface area contributed by atoms with Crippen LogP contribution in [0.3, 0.4) is 0 Å². The third kappa shape index (κ3) is 1.37. The lowest BCUT2D eigenvalue weighted by Crippen LogP contribution is -2.25. The number of hydrogen-bond acceptors (Lipinski definition) is 2. The molecule has 1 aromatic heterocycles. The Labute approximate surface area is 79.0 Å². The van der Waals surface area contributed by atoms with E-state index in [1.165, 1.54) is 17.8 Å². The molecule has 1 atom stereocenters. The van der Waals surface area contributed by atoms with Gasteiger partial charge in [0.05, 0.1) is 5.69 Å². The number of aromatic nitrogens is 2. The predicted molar refractivity (Wildman–Crippen MR) is 52.6 cm³/mol. The SMILES string of the molecule is Cc1nc(C)n2c1CC(CN)CC2. The van der Waals surface area contributed by atoms with Crippen LogP contribution >= 0.6 is 0 Å². The molecule has 72 valence electrons. The van der Waals surface area contributed by atoms with Gasteiger partial charge in [0.15, 0.2) is 0 Å². The summed E-state index contributed by atoms with van der Waals surface area (Å²) in [6.07, 6.45) is 2.32. The lowest BCUT2D eigenvalue weighted by atomic mass is 9.95. The number of aryl methyl sites for hydroxylation is 2. The molecule has 0 fully saturated rings. The Bertz CT molecular complexity index is 314. The van der Waals surface area contributed by atoms with E-state index >= 15 is 0 Å². The van der Waals surface area contributed by atoms with Crippen molar-refractivity contribution < 1.29 is 0 Å². The summed E-state index contributed by atoms with van der Waals surface area (Å²) in [7, 11) is 0. The van der Waals surface area contributed by atoms with E-state index in [2.05, 4.69) is 23.4 Å². The van der Waals surface area contributed by atoms with Crippen LogP contribution in [0.2, 0.25) is 0 Å². The van der Waals surface area contributed by atoms with E-state index < -0.39 is 0 Å². The molecule has 0 bridgehead atoms. The summed E-state index contributed by atoms with van der Waals surface area (Å²) in [5.74, 6) is 1.82. The summed E-state index contributed by atoms with van der Waals surface area (Å²) >= 11 is 0. The zero-order chi connectivity index (χ0) is 9.42. The summed E-state index contributed by atoms with van der Waals surface area (Å²) in [4.78, 5) is 4.48. The molecule has 0 aromatic carbocycles. The molecule has 2 N–H and O–H groups in total. The molecule has 2 rings (SSSR count). The highest BCUT2D eigenvalue weighted by Gasteiger charge is 2.21. The topological polar surface area (TPSA) is 43.8 Å². The van der Waals surface area contributed by atoms with Crippen LogP contribution in [0.5, 0.6) is 0 Å². The van der Waals surface area contributed by atoms with Crippen LogP contribution in [0.1, 0.15) is 23.6 Å². The highest BCUT2D eigenvalue weighted by Crippen LogP contribution is 2.23. The minimum absolute atomic E-state index is 0.669. The van der Waals surface area contributed by atoms with Gasteiger partial charge in [0, 0.05) is 12.2 Å². The number of rotatable bonds is 1. The Hall–Kier alpha value is -0.830. The van der Waals surface area contributed by atoms with Crippen LogP contribution in [0.4, 0.5) is 0 Å². The fraction of sp³-hybridized carbons (Fsp3) is 0.700. The summed E-state index contributed by atoms with van der Waals surface area (Å²) in [6.45, 7) is 6.09. The van der Waals surface area contributed by atoms with E-state index in [0.717, 1.165) is 25.3 Å². The molecule has 0 amide bonds. The molecule has 1 aliphatic heterocycles. The summed E-state index contributed by atoms with van der Waals surface area (Å²) in [6, 6.07) is 0. The second-order valence-corrected chi connectivity index (χ2v) is 3.94. The van der Waals surface area contributed by atoms with Gasteiger partial charge in [-0.1, -0.05) is 0 Å². The molecular weight excluding hydrogens is 162 g/mol. The molecule has 0 aliphatic carbocycles. The molecule has 0 spiro atoms. The summed E-state index contributed by atoms with van der Waals surface area (Å²) < 4.78 is 2.33. The molecule has 0 saturated heterocycles. The fourth-order valence-electron chi connectivity index (χ4n) is 2.20. The third-order valence-electron chi connectivity index (χ3n) is 3.04. The van der Waals surface area contributed by atoms with Gasteiger partial charge in [0.1, 0.15) is 5.82 Å². The van der Waals surface area contributed by atoms with Crippen LogP contribution in [-0.2, 0) is 13.0 Å². The van der Waals surface area contributed by atoms with E-state index in [1.54, 1.807) is 0 Å². The molecule has 1 aliphatic rings. The van der Waals surface area contributed by atoms with E-state index in [0.29, 0.717) is 5.92 Å². The minimum atomic E-state index is 0.669. The number of fused-ring (bicyclic) bond motifs is 1. The van der Waals surface area contributed by atoms with Gasteiger partial charge >= 0.3 is 0 Å². The van der Waals surface area contributed by atoms with Crippen molar-refractivity contribution in [2.75, 3.05) is 6.54 Å². The van der Waals surface area contributed by atoms with Crippen molar-refractivity contribution in [1.29, 1.82) is 0 Å². The molecule has 1 unspecified atom stereocenters. The van der Waals surface area contributed by atoms with Crippen LogP contribution < -0.4 is 5.73 Å². The second-order valence-electron chi connectivity index (χ2n) is 3.94. The maximum absolute atomic E-state index is 5.69. The molecule has 0 radical (unpaired) electrons. The van der Waals surface area contributed by atoms with Gasteiger partial charge in [-0.2, -0.15) is 0 Å². The highest BCUT2D eigenvalue weighted by atomic mass is 15.1. The first-order chi connectivity index (χ1) is 6.22. The van der Waals surface area contributed by atoms with E-state index in [4.69, 9.17) is 5.73 Å². The van der Waals surface area contributed by atoms with Crippen molar-refractivity contribution in [1.82, 2.24) is 9.55 Å². The van der Waals surface area contributed by atoms with Crippen LogP contribution in [0.15, 0.2) is 0 Å². The molecule has 3 heteroatoms. The maximum atomic E-state index is 5.69. The smallest absolute Gasteiger partial charge is 0.106 e. The Morgan fingerprint density at radius 2 is 2.31 bits per heavy atom. The Morgan fingerprint density at radius 3 is 3.00 bits per heavy atom. The van der Waals surface area contributed by atoms with Gasteiger partial charge in [-0.05, 0) is 39.2 Å². The van der Waals surface area contributed by atoms with Gasteiger partial charge in [-0.3, -0.25) is 0 Å². The lowest BCUT2D eigenvalue weighted by molar-refractivity contribution is 0.391. The van der Waals surface area contributed by atoms with Crippen molar-refractivity contribution in [3.8, 4) is 0 Å². The molecule has 1 aromatic rings. The largest absolute Gasteiger partial charge is 0.332 e. The average molecular weight is 179 g/mol. The molecule has 2 heterocycles. The van der Waals surface area contributed by atoms with Gasteiger partial charge in [0.2, 0.25) is 0 Å². The average Bonchev–Trinajstić information content (AvgIpc) is 2.42. The zero-order valence-corrected chi connectivity index (χ0v) is 8.38. The van der Waals surface area contributed by atoms with E-state index in [-0.39, 0.29) is 0 Å². The van der Waals surface area contributed by atoms with Gasteiger partial charge < -0.3 is 10.3 Å². The minimum Gasteiger partial charge on any atom is -0.332 e. The molecular formula is C10H17N3. The van der Waals surface area contributed by atoms with Crippen LogP contribution in [-0.4, -0.2) is 16.1 Å². The molecule has 0 saturated carbocycles. The maximum Gasteiger partial charge on any atom is 0.106 e. The Balaban J connectivity index is 2.33. The quantitative estimate of drug-likeness (QED) is 0.699. The number of imidazole rings is 1. The monoisotopic (exact) mass is 179 g/mol. The van der Waals surface area contributed by atoms with Gasteiger partial charge in [-0.25, -0.2) is 4.98 Å². The highest BCUT2D eigenvalue weighted by molar-refractivity contribution is 5.17. The Morgan fingerprint density at radius 1 is 1.54 bits per heavy atom. The van der Waals surface area contributed by atoms with Crippen molar-refractivity contribution in [3.05, 3.63) is 17.2 Å².